The maximum absolute atomic E-state index is 15.4. The summed E-state index contributed by atoms with van der Waals surface area (Å²) in [7, 11) is 1.53. The fourth-order valence-corrected chi connectivity index (χ4v) is 7.17. The van der Waals surface area contributed by atoms with Gasteiger partial charge in [0.25, 0.3) is 0 Å². The van der Waals surface area contributed by atoms with Crippen molar-refractivity contribution in [3.05, 3.63) is 75.6 Å². The zero-order valence-electron chi connectivity index (χ0n) is 27.8. The molecule has 14 heteroatoms. The van der Waals surface area contributed by atoms with Crippen molar-refractivity contribution in [1.82, 2.24) is 25.2 Å². The van der Waals surface area contributed by atoms with Crippen molar-refractivity contribution >= 4 is 28.6 Å². The van der Waals surface area contributed by atoms with Crippen molar-refractivity contribution in [2.24, 2.45) is 5.73 Å². The number of piperidine rings is 1. The average Bonchev–Trinajstić information content (AvgIpc) is 3.46. The molecule has 2 aromatic carbocycles. The highest BCUT2D eigenvalue weighted by atomic mass is 32.2. The lowest BCUT2D eigenvalue weighted by atomic mass is 9.92. The van der Waals surface area contributed by atoms with Gasteiger partial charge >= 0.3 is 11.9 Å². The second-order valence-electron chi connectivity index (χ2n) is 12.6. The third kappa shape index (κ3) is 8.91. The van der Waals surface area contributed by atoms with E-state index in [9.17, 15) is 18.0 Å². The Hall–Kier alpha value is -3.72. The van der Waals surface area contributed by atoms with E-state index in [-0.39, 0.29) is 35.4 Å². The van der Waals surface area contributed by atoms with Crippen molar-refractivity contribution in [3.63, 3.8) is 0 Å². The van der Waals surface area contributed by atoms with Gasteiger partial charge in [-0.2, -0.15) is 18.2 Å². The fraction of sp³-hybridized carbons (Fsp3) is 0.457. The van der Waals surface area contributed by atoms with Crippen LogP contribution in [0.3, 0.4) is 0 Å². The smallest absolute Gasteiger partial charge is 0.383 e. The van der Waals surface area contributed by atoms with Gasteiger partial charge in [0.05, 0.1) is 29.4 Å². The molecule has 264 valence electrons. The molecule has 3 heterocycles. The van der Waals surface area contributed by atoms with Crippen molar-refractivity contribution < 1.29 is 22.3 Å². The monoisotopic (exact) mass is 701 g/mol. The molecule has 1 fully saturated rings. The summed E-state index contributed by atoms with van der Waals surface area (Å²) in [4.78, 5) is 21.3. The zero-order chi connectivity index (χ0) is 35.3. The van der Waals surface area contributed by atoms with Gasteiger partial charge in [0, 0.05) is 53.8 Å². The second-order valence-corrected chi connectivity index (χ2v) is 13.5. The molecule has 0 unspecified atom stereocenters. The summed E-state index contributed by atoms with van der Waals surface area (Å²) in [6.45, 7) is 2.80. The maximum atomic E-state index is 15.4. The minimum absolute atomic E-state index is 0.0876. The molecule has 1 aliphatic heterocycles. The maximum Gasteiger partial charge on any atom is 0.419 e. The highest BCUT2D eigenvalue weighted by Gasteiger charge is 2.36. The molecule has 9 nitrogen and oxygen atoms in total. The van der Waals surface area contributed by atoms with Gasteiger partial charge in [-0.25, -0.2) is 9.18 Å². The number of benzene rings is 2. The van der Waals surface area contributed by atoms with Crippen LogP contribution in [0, 0.1) is 11.2 Å². The van der Waals surface area contributed by atoms with Crippen LogP contribution in [0.1, 0.15) is 68.2 Å². The van der Waals surface area contributed by atoms with E-state index in [1.54, 1.807) is 24.9 Å². The van der Waals surface area contributed by atoms with Crippen LogP contribution in [-0.2, 0) is 17.3 Å². The molecule has 0 amide bonds. The summed E-state index contributed by atoms with van der Waals surface area (Å²) in [5.74, 6) is -0.941. The molecule has 0 radical (unpaired) electrons. The third-order valence-electron chi connectivity index (χ3n) is 8.89. The standard InChI is InChI=1S/C35H43F4N7O2S/c1-20(40)42-13-12-24-8-5-9-29(43-24)26-11-10-25(17-31(26)49-3)46-18-22-16-30(44-33(22)45-34(46)47)27-14-21(6-4-7-23(41)19-48-2)15-28(32(27)36)35(37,38)39/h10-11,14-18,23-24,29,43H,4-9,12-13,19,41H2,1-3H3,(H2,40,42)(H,44,45,47)/t23-,24+,29+/m1/s1. The predicted octanol–water partition coefficient (Wildman–Crippen LogP) is 6.72. The van der Waals surface area contributed by atoms with Crippen molar-refractivity contribution in [3.8, 4) is 16.9 Å². The Balaban J connectivity index is 1.43. The van der Waals surface area contributed by atoms with Gasteiger partial charge in [-0.1, -0.05) is 12.5 Å². The van der Waals surface area contributed by atoms with Crippen LogP contribution in [0.5, 0.6) is 0 Å². The summed E-state index contributed by atoms with van der Waals surface area (Å²) in [6, 6.07) is 9.80. The Bertz CT molecular complexity index is 1840. The largest absolute Gasteiger partial charge is 0.419 e. The molecule has 0 bridgehead atoms. The molecule has 1 saturated heterocycles. The lowest BCUT2D eigenvalue weighted by Crippen LogP contribution is -2.39. The number of amidine groups is 1. The highest BCUT2D eigenvalue weighted by Crippen LogP contribution is 2.38. The number of ether oxygens (including phenoxy) is 1. The topological polar surface area (TPSA) is 134 Å². The molecule has 49 heavy (non-hydrogen) atoms. The van der Waals surface area contributed by atoms with Gasteiger partial charge in [0.2, 0.25) is 0 Å². The number of hydrogen-bond acceptors (Lipinski definition) is 7. The average molecular weight is 702 g/mol. The normalized spacial score (nSPS) is 17.4. The van der Waals surface area contributed by atoms with Gasteiger partial charge in [0.15, 0.2) is 0 Å². The SMILES string of the molecule is COC[C@H](N)CCCc1cc(-c2cc3cn(-c4ccc([C@@H]5CCC[C@@H](CCNC(C)=N)N5)c(SC)c4)c(=O)nc3[nH]2)c(F)c(C(F)(F)F)c1. The molecule has 5 rings (SSSR count). The molecule has 0 aliphatic carbocycles. The van der Waals surface area contributed by atoms with Crippen LogP contribution < -0.4 is 22.1 Å². The summed E-state index contributed by atoms with van der Waals surface area (Å²) >= 11 is 1.58. The number of rotatable bonds is 13. The van der Waals surface area contributed by atoms with Crippen LogP contribution in [-0.4, -0.2) is 59.0 Å². The number of nitrogens with one attached hydrogen (secondary N) is 4. The summed E-state index contributed by atoms with van der Waals surface area (Å²) in [6.07, 6.45) is 3.98. The molecule has 1 aliphatic rings. The van der Waals surface area contributed by atoms with E-state index >= 15 is 4.39 Å². The zero-order valence-corrected chi connectivity index (χ0v) is 28.7. The third-order valence-corrected chi connectivity index (χ3v) is 9.69. The first-order valence-electron chi connectivity index (χ1n) is 16.4. The van der Waals surface area contributed by atoms with Crippen LogP contribution in [0.25, 0.3) is 28.0 Å². The van der Waals surface area contributed by atoms with E-state index in [1.807, 2.05) is 24.5 Å². The Morgan fingerprint density at radius 2 is 2.04 bits per heavy atom. The Morgan fingerprint density at radius 1 is 1.24 bits per heavy atom. The number of thioether (sulfide) groups is 1. The van der Waals surface area contributed by atoms with E-state index in [2.05, 4.69) is 20.6 Å². The quantitative estimate of drug-likeness (QED) is 0.0453. The van der Waals surface area contributed by atoms with Crippen LogP contribution in [0.4, 0.5) is 17.6 Å². The minimum Gasteiger partial charge on any atom is -0.383 e. The number of aryl methyl sites for hydroxylation is 1. The van der Waals surface area contributed by atoms with Gasteiger partial charge in [-0.05, 0) is 93.2 Å². The van der Waals surface area contributed by atoms with Crippen molar-refractivity contribution in [2.75, 3.05) is 26.5 Å². The first-order chi connectivity index (χ1) is 23.4. The van der Waals surface area contributed by atoms with E-state index in [0.717, 1.165) is 48.8 Å². The van der Waals surface area contributed by atoms with Gasteiger partial charge in [0.1, 0.15) is 11.5 Å². The minimum atomic E-state index is -4.90. The molecule has 2 aromatic heterocycles. The number of halogens is 4. The molecule has 6 N–H and O–H groups in total. The number of methoxy groups -OCH3 is 1. The Kier molecular flexibility index (Phi) is 11.8. The lowest BCUT2D eigenvalue weighted by Gasteiger charge is -2.32. The molecule has 0 spiro atoms. The predicted molar refractivity (Wildman–Crippen MR) is 186 cm³/mol. The number of alkyl halides is 3. The van der Waals surface area contributed by atoms with Gasteiger partial charge < -0.3 is 26.1 Å². The molecular formula is C35H43F4N7O2S. The summed E-state index contributed by atoms with van der Waals surface area (Å²) < 4.78 is 63.6. The number of H-pyrrole nitrogens is 1. The van der Waals surface area contributed by atoms with Crippen molar-refractivity contribution in [1.29, 1.82) is 5.41 Å². The van der Waals surface area contributed by atoms with Crippen LogP contribution in [0.2, 0.25) is 0 Å². The van der Waals surface area contributed by atoms with Crippen LogP contribution >= 0.6 is 11.8 Å². The lowest BCUT2D eigenvalue weighted by molar-refractivity contribution is -0.140. The number of nitrogens with zero attached hydrogens (tertiary/aromatic N) is 2. The van der Waals surface area contributed by atoms with Crippen molar-refractivity contribution in [2.45, 2.75) is 81.1 Å². The van der Waals surface area contributed by atoms with E-state index < -0.39 is 23.2 Å². The molecule has 3 atom stereocenters. The number of aromatic nitrogens is 3. The number of aromatic amines is 1. The highest BCUT2D eigenvalue weighted by molar-refractivity contribution is 7.98. The van der Waals surface area contributed by atoms with Gasteiger partial charge in [-0.15, -0.1) is 11.8 Å². The number of fused-ring (bicyclic) bond motifs is 1. The number of nitrogens with two attached hydrogens (primary N) is 1. The summed E-state index contributed by atoms with van der Waals surface area (Å²) in [5.41, 5.74) is 6.07. The fourth-order valence-electron chi connectivity index (χ4n) is 6.49. The first-order valence-corrected chi connectivity index (χ1v) is 17.6. The Morgan fingerprint density at radius 3 is 2.76 bits per heavy atom. The molecule has 4 aromatic rings. The summed E-state index contributed by atoms with van der Waals surface area (Å²) in [5, 5.41) is 14.9. The molecule has 0 saturated carbocycles. The van der Waals surface area contributed by atoms with Crippen LogP contribution in [0.15, 0.2) is 52.3 Å². The van der Waals surface area contributed by atoms with E-state index in [1.165, 1.54) is 23.8 Å². The van der Waals surface area contributed by atoms with Gasteiger partial charge in [-0.3, -0.25) is 9.98 Å². The van der Waals surface area contributed by atoms with E-state index in [4.69, 9.17) is 15.9 Å². The Labute approximate surface area is 286 Å². The van der Waals surface area contributed by atoms with E-state index in [0.29, 0.717) is 48.0 Å². The first kappa shape index (κ1) is 36.6. The number of hydrogen-bond donors (Lipinski definition) is 5. The molecular weight excluding hydrogens is 658 g/mol. The second kappa shape index (κ2) is 15.9.